The van der Waals surface area contributed by atoms with Crippen molar-refractivity contribution in [2.45, 2.75) is 0 Å². The Morgan fingerprint density at radius 1 is 0.943 bits per heavy atom. The van der Waals surface area contributed by atoms with Crippen molar-refractivity contribution in [1.29, 1.82) is 0 Å². The summed E-state index contributed by atoms with van der Waals surface area (Å²) in [5, 5.41) is 4.97. The first-order valence-electron chi connectivity index (χ1n) is 10.3. The van der Waals surface area contributed by atoms with Crippen LogP contribution in [-0.4, -0.2) is 31.9 Å². The van der Waals surface area contributed by atoms with Crippen molar-refractivity contribution in [3.8, 4) is 11.5 Å². The van der Waals surface area contributed by atoms with Gasteiger partial charge in [0.25, 0.3) is 17.7 Å². The average molecular weight is 496 g/mol. The van der Waals surface area contributed by atoms with Crippen molar-refractivity contribution in [3.63, 3.8) is 0 Å². The van der Waals surface area contributed by atoms with Crippen LogP contribution in [0, 0.1) is 5.82 Å². The fourth-order valence-electron chi connectivity index (χ4n) is 3.44. The summed E-state index contributed by atoms with van der Waals surface area (Å²) in [4.78, 5) is 39.5. The van der Waals surface area contributed by atoms with Crippen molar-refractivity contribution in [1.82, 2.24) is 0 Å². The summed E-state index contributed by atoms with van der Waals surface area (Å²) in [6.07, 6.45) is 0. The van der Waals surface area contributed by atoms with E-state index in [2.05, 4.69) is 10.6 Å². The van der Waals surface area contributed by atoms with Gasteiger partial charge in [0, 0.05) is 17.3 Å². The van der Waals surface area contributed by atoms with Gasteiger partial charge in [0.15, 0.2) is 0 Å². The Hall–Kier alpha value is -4.37. The van der Waals surface area contributed by atoms with E-state index in [1.54, 1.807) is 30.3 Å². The number of hydrogen-bond donors (Lipinski definition) is 2. The Kier molecular flexibility index (Phi) is 6.70. The molecule has 0 unspecified atom stereocenters. The lowest BCUT2D eigenvalue weighted by Crippen LogP contribution is -2.32. The van der Waals surface area contributed by atoms with E-state index in [0.29, 0.717) is 11.4 Å². The van der Waals surface area contributed by atoms with E-state index in [1.807, 2.05) is 0 Å². The van der Waals surface area contributed by atoms with Gasteiger partial charge in [-0.25, -0.2) is 9.29 Å². The standard InChI is InChI=1S/C25H19ClFN3O5/c1-34-16-10-11-20(35-2)19(13-16)30-24(32)21(26)22(25(30)33)28-15-7-5-6-14(12-15)23(31)29-18-9-4-3-8-17(18)27/h3-13,28H,1-2H3,(H,29,31). The third-order valence-electron chi connectivity index (χ3n) is 5.17. The number of methoxy groups -OCH3 is 2. The molecular weight excluding hydrogens is 477 g/mol. The molecule has 3 aromatic rings. The number of nitrogens with one attached hydrogen (secondary N) is 2. The lowest BCUT2D eigenvalue weighted by atomic mass is 10.1. The number of anilines is 3. The molecule has 1 aliphatic rings. The molecule has 0 aliphatic carbocycles. The van der Waals surface area contributed by atoms with Crippen LogP contribution < -0.4 is 25.0 Å². The number of halogens is 2. The molecule has 0 aromatic heterocycles. The molecule has 1 aliphatic heterocycles. The van der Waals surface area contributed by atoms with Gasteiger partial charge < -0.3 is 20.1 Å². The van der Waals surface area contributed by atoms with E-state index in [0.717, 1.165) is 4.90 Å². The maximum Gasteiger partial charge on any atom is 0.283 e. The Morgan fingerprint density at radius 3 is 2.43 bits per heavy atom. The first-order valence-corrected chi connectivity index (χ1v) is 10.7. The third-order valence-corrected chi connectivity index (χ3v) is 5.52. The van der Waals surface area contributed by atoms with Crippen LogP contribution in [0.5, 0.6) is 11.5 Å². The summed E-state index contributed by atoms with van der Waals surface area (Å²) in [6.45, 7) is 0. The van der Waals surface area contributed by atoms with Crippen molar-refractivity contribution < 1.29 is 28.2 Å². The van der Waals surface area contributed by atoms with Gasteiger partial charge >= 0.3 is 0 Å². The number of nitrogens with zero attached hydrogens (tertiary/aromatic N) is 1. The highest BCUT2D eigenvalue weighted by Crippen LogP contribution is 2.38. The summed E-state index contributed by atoms with van der Waals surface area (Å²) in [6, 6.07) is 16.6. The zero-order chi connectivity index (χ0) is 25.1. The molecule has 0 saturated heterocycles. The van der Waals surface area contributed by atoms with Crippen molar-refractivity contribution in [3.05, 3.63) is 88.8 Å². The first kappa shape index (κ1) is 23.8. The molecule has 0 radical (unpaired) electrons. The molecule has 10 heteroatoms. The van der Waals surface area contributed by atoms with Crippen molar-refractivity contribution >= 4 is 46.4 Å². The second-order valence-electron chi connectivity index (χ2n) is 7.31. The smallest absolute Gasteiger partial charge is 0.283 e. The minimum absolute atomic E-state index is 0.0288. The molecule has 3 amide bonds. The van der Waals surface area contributed by atoms with E-state index in [1.165, 1.54) is 50.6 Å². The molecule has 8 nitrogen and oxygen atoms in total. The van der Waals surface area contributed by atoms with Gasteiger partial charge in [0.1, 0.15) is 28.0 Å². The number of ether oxygens (including phenoxy) is 2. The Bertz CT molecular complexity index is 1370. The molecule has 3 aromatic carbocycles. The Morgan fingerprint density at radius 2 is 1.71 bits per heavy atom. The fourth-order valence-corrected chi connectivity index (χ4v) is 3.65. The van der Waals surface area contributed by atoms with E-state index in [4.69, 9.17) is 21.1 Å². The van der Waals surface area contributed by atoms with E-state index < -0.39 is 23.5 Å². The van der Waals surface area contributed by atoms with Gasteiger partial charge in [-0.2, -0.15) is 0 Å². The second-order valence-corrected chi connectivity index (χ2v) is 7.69. The molecule has 35 heavy (non-hydrogen) atoms. The predicted molar refractivity (Wildman–Crippen MR) is 129 cm³/mol. The van der Waals surface area contributed by atoms with Crippen LogP contribution >= 0.6 is 11.6 Å². The topological polar surface area (TPSA) is 97.0 Å². The van der Waals surface area contributed by atoms with Crippen LogP contribution in [-0.2, 0) is 9.59 Å². The molecule has 0 saturated carbocycles. The largest absolute Gasteiger partial charge is 0.497 e. The van der Waals surface area contributed by atoms with Crippen LogP contribution in [0.3, 0.4) is 0 Å². The number of rotatable bonds is 7. The van der Waals surface area contributed by atoms with Gasteiger partial charge in [-0.3, -0.25) is 14.4 Å². The monoisotopic (exact) mass is 495 g/mol. The van der Waals surface area contributed by atoms with E-state index >= 15 is 0 Å². The maximum absolute atomic E-state index is 13.9. The van der Waals surface area contributed by atoms with E-state index in [9.17, 15) is 18.8 Å². The molecule has 2 N–H and O–H groups in total. The molecular formula is C25H19ClFN3O5. The van der Waals surface area contributed by atoms with Crippen molar-refractivity contribution in [2.75, 3.05) is 29.8 Å². The Balaban J connectivity index is 1.58. The quantitative estimate of drug-likeness (QED) is 0.467. The summed E-state index contributed by atoms with van der Waals surface area (Å²) < 4.78 is 24.4. The lowest BCUT2D eigenvalue weighted by molar-refractivity contribution is -0.120. The highest BCUT2D eigenvalue weighted by atomic mass is 35.5. The first-order chi connectivity index (χ1) is 16.8. The van der Waals surface area contributed by atoms with Gasteiger partial charge in [-0.05, 0) is 42.5 Å². The number of amides is 3. The Labute approximate surface area is 204 Å². The van der Waals surface area contributed by atoms with Crippen LogP contribution in [0.4, 0.5) is 21.5 Å². The van der Waals surface area contributed by atoms with E-state index in [-0.39, 0.29) is 33.4 Å². The number of imide groups is 1. The van der Waals surface area contributed by atoms with Crippen LogP contribution in [0.1, 0.15) is 10.4 Å². The molecule has 0 spiro atoms. The second kappa shape index (κ2) is 9.86. The average Bonchev–Trinajstić information content (AvgIpc) is 3.08. The summed E-state index contributed by atoms with van der Waals surface area (Å²) in [7, 11) is 2.86. The van der Waals surface area contributed by atoms with Gasteiger partial charge in [-0.1, -0.05) is 29.8 Å². The molecule has 178 valence electrons. The van der Waals surface area contributed by atoms with Crippen LogP contribution in [0.25, 0.3) is 0 Å². The molecule has 1 heterocycles. The number of carbonyl (C=O) groups is 3. The maximum atomic E-state index is 13.9. The van der Waals surface area contributed by atoms with Crippen LogP contribution in [0.2, 0.25) is 0 Å². The normalized spacial score (nSPS) is 13.2. The SMILES string of the molecule is COc1ccc(OC)c(N2C(=O)C(Cl)=C(Nc3cccc(C(=O)Nc4ccccc4F)c3)C2=O)c1. The molecule has 4 rings (SSSR count). The zero-order valence-corrected chi connectivity index (χ0v) is 19.4. The highest BCUT2D eigenvalue weighted by Gasteiger charge is 2.40. The van der Waals surface area contributed by atoms with Crippen molar-refractivity contribution in [2.24, 2.45) is 0 Å². The number of carbonyl (C=O) groups excluding carboxylic acids is 3. The van der Waals surface area contributed by atoms with Gasteiger partial charge in [0.05, 0.1) is 25.6 Å². The molecule has 0 bridgehead atoms. The van der Waals surface area contributed by atoms with Gasteiger partial charge in [-0.15, -0.1) is 0 Å². The third kappa shape index (κ3) is 4.67. The lowest BCUT2D eigenvalue weighted by Gasteiger charge is -2.19. The molecule has 0 fully saturated rings. The molecule has 0 atom stereocenters. The fraction of sp³-hybridized carbons (Fsp3) is 0.0800. The van der Waals surface area contributed by atoms with Gasteiger partial charge in [0.2, 0.25) is 0 Å². The summed E-state index contributed by atoms with van der Waals surface area (Å²) >= 11 is 6.23. The number of hydrogen-bond acceptors (Lipinski definition) is 6. The highest BCUT2D eigenvalue weighted by molar-refractivity contribution is 6.53. The predicted octanol–water partition coefficient (Wildman–Crippen LogP) is 4.53. The zero-order valence-electron chi connectivity index (χ0n) is 18.6. The number of benzene rings is 3. The minimum Gasteiger partial charge on any atom is -0.497 e. The summed E-state index contributed by atoms with van der Waals surface area (Å²) in [5.41, 5.74) is 0.530. The summed E-state index contributed by atoms with van der Waals surface area (Å²) in [5.74, 6) is -1.92. The van der Waals surface area contributed by atoms with Crippen LogP contribution in [0.15, 0.2) is 77.5 Å². The number of para-hydroxylation sites is 1. The minimum atomic E-state index is -0.751.